The SMILES string of the molecule is Oc1cc(-c2cccc(OCc3ccccc3)c2)nc(N2CCOCC2)n1. The summed E-state index contributed by atoms with van der Waals surface area (Å²) >= 11 is 0. The Balaban J connectivity index is 1.55. The van der Waals surface area contributed by atoms with Crippen LogP contribution in [0.25, 0.3) is 11.3 Å². The molecule has 0 aliphatic carbocycles. The van der Waals surface area contributed by atoms with Gasteiger partial charge in [0, 0.05) is 24.7 Å². The van der Waals surface area contributed by atoms with Crippen molar-refractivity contribution in [1.29, 1.82) is 0 Å². The van der Waals surface area contributed by atoms with Crippen LogP contribution in [0.15, 0.2) is 60.7 Å². The van der Waals surface area contributed by atoms with Crippen molar-refractivity contribution in [2.24, 2.45) is 0 Å². The lowest BCUT2D eigenvalue weighted by Gasteiger charge is -2.27. The van der Waals surface area contributed by atoms with Crippen molar-refractivity contribution in [2.75, 3.05) is 31.2 Å². The largest absolute Gasteiger partial charge is 0.493 e. The summed E-state index contributed by atoms with van der Waals surface area (Å²) in [5.41, 5.74) is 2.64. The molecule has 1 fully saturated rings. The Morgan fingerprint density at radius 1 is 0.963 bits per heavy atom. The van der Waals surface area contributed by atoms with Gasteiger partial charge in [-0.25, -0.2) is 4.98 Å². The van der Waals surface area contributed by atoms with E-state index in [9.17, 15) is 5.11 Å². The van der Waals surface area contributed by atoms with Gasteiger partial charge >= 0.3 is 0 Å². The van der Waals surface area contributed by atoms with Crippen molar-refractivity contribution in [3.63, 3.8) is 0 Å². The van der Waals surface area contributed by atoms with Crippen LogP contribution in [0.2, 0.25) is 0 Å². The summed E-state index contributed by atoms with van der Waals surface area (Å²) in [6.07, 6.45) is 0. The van der Waals surface area contributed by atoms with Gasteiger partial charge in [0.2, 0.25) is 11.8 Å². The van der Waals surface area contributed by atoms with E-state index < -0.39 is 0 Å². The molecular weight excluding hydrogens is 342 g/mol. The van der Waals surface area contributed by atoms with E-state index in [1.807, 2.05) is 59.5 Å². The minimum absolute atomic E-state index is 0.0444. The van der Waals surface area contributed by atoms with Crippen molar-refractivity contribution in [2.45, 2.75) is 6.61 Å². The molecule has 2 heterocycles. The first-order chi connectivity index (χ1) is 13.3. The summed E-state index contributed by atoms with van der Waals surface area (Å²) in [5.74, 6) is 1.23. The van der Waals surface area contributed by atoms with Crippen molar-refractivity contribution >= 4 is 5.95 Å². The fourth-order valence-electron chi connectivity index (χ4n) is 2.96. The number of benzene rings is 2. The van der Waals surface area contributed by atoms with E-state index in [0.717, 1.165) is 16.9 Å². The van der Waals surface area contributed by atoms with Gasteiger partial charge in [-0.3, -0.25) is 0 Å². The molecule has 0 bridgehead atoms. The van der Waals surface area contributed by atoms with E-state index in [0.29, 0.717) is 44.6 Å². The molecule has 1 saturated heterocycles. The highest BCUT2D eigenvalue weighted by Gasteiger charge is 2.16. The number of ether oxygens (including phenoxy) is 2. The third kappa shape index (κ3) is 4.35. The number of rotatable bonds is 5. The van der Waals surface area contributed by atoms with Gasteiger partial charge in [-0.05, 0) is 17.7 Å². The fourth-order valence-corrected chi connectivity index (χ4v) is 2.96. The van der Waals surface area contributed by atoms with Gasteiger partial charge in [-0.1, -0.05) is 42.5 Å². The van der Waals surface area contributed by atoms with Crippen molar-refractivity contribution in [1.82, 2.24) is 9.97 Å². The van der Waals surface area contributed by atoms with E-state index in [-0.39, 0.29) is 5.88 Å². The zero-order valence-electron chi connectivity index (χ0n) is 14.9. The molecule has 0 amide bonds. The topological polar surface area (TPSA) is 67.7 Å². The average molecular weight is 363 g/mol. The molecule has 0 radical (unpaired) electrons. The molecule has 4 rings (SSSR count). The van der Waals surface area contributed by atoms with Crippen molar-refractivity contribution in [3.05, 3.63) is 66.2 Å². The average Bonchev–Trinajstić information content (AvgIpc) is 2.73. The molecule has 3 aromatic rings. The zero-order chi connectivity index (χ0) is 18.5. The third-order valence-corrected chi connectivity index (χ3v) is 4.37. The molecule has 0 unspecified atom stereocenters. The first kappa shape index (κ1) is 17.3. The maximum absolute atomic E-state index is 10.1. The normalized spacial score (nSPS) is 14.1. The van der Waals surface area contributed by atoms with Gasteiger partial charge in [0.05, 0.1) is 18.9 Å². The quantitative estimate of drug-likeness (QED) is 0.750. The van der Waals surface area contributed by atoms with Crippen LogP contribution in [0.1, 0.15) is 5.56 Å². The van der Waals surface area contributed by atoms with Crippen LogP contribution < -0.4 is 9.64 Å². The molecule has 2 aromatic carbocycles. The van der Waals surface area contributed by atoms with Crippen molar-refractivity contribution < 1.29 is 14.6 Å². The lowest BCUT2D eigenvalue weighted by atomic mass is 10.1. The molecule has 0 spiro atoms. The summed E-state index contributed by atoms with van der Waals surface area (Å²) in [6, 6.07) is 19.3. The molecule has 6 heteroatoms. The first-order valence-corrected chi connectivity index (χ1v) is 8.96. The summed E-state index contributed by atoms with van der Waals surface area (Å²) in [5, 5.41) is 10.1. The highest BCUT2D eigenvalue weighted by molar-refractivity contribution is 5.63. The Morgan fingerprint density at radius 2 is 1.78 bits per heavy atom. The van der Waals surface area contributed by atoms with Crippen LogP contribution in [-0.2, 0) is 11.3 Å². The molecule has 1 aliphatic rings. The molecule has 6 nitrogen and oxygen atoms in total. The fraction of sp³-hybridized carbons (Fsp3) is 0.238. The third-order valence-electron chi connectivity index (χ3n) is 4.37. The number of aromatic hydroxyl groups is 1. The molecule has 0 atom stereocenters. The Bertz CT molecular complexity index is 896. The van der Waals surface area contributed by atoms with Gasteiger partial charge in [0.15, 0.2) is 0 Å². The van der Waals surface area contributed by atoms with E-state index in [4.69, 9.17) is 9.47 Å². The van der Waals surface area contributed by atoms with Crippen LogP contribution >= 0.6 is 0 Å². The van der Waals surface area contributed by atoms with Gasteiger partial charge in [0.25, 0.3) is 0 Å². The number of anilines is 1. The molecular formula is C21H21N3O3. The number of hydrogen-bond donors (Lipinski definition) is 1. The lowest BCUT2D eigenvalue weighted by Crippen LogP contribution is -2.37. The highest BCUT2D eigenvalue weighted by Crippen LogP contribution is 2.27. The minimum atomic E-state index is -0.0444. The number of hydrogen-bond acceptors (Lipinski definition) is 6. The number of morpholine rings is 1. The van der Waals surface area contributed by atoms with Crippen molar-refractivity contribution in [3.8, 4) is 22.9 Å². The molecule has 1 N–H and O–H groups in total. The van der Waals surface area contributed by atoms with Crippen LogP contribution in [0.4, 0.5) is 5.95 Å². The van der Waals surface area contributed by atoms with E-state index in [2.05, 4.69) is 9.97 Å². The Kier molecular flexibility index (Phi) is 5.16. The Hall–Kier alpha value is -3.12. The standard InChI is InChI=1S/C21H21N3O3/c25-20-14-19(22-21(23-20)24-9-11-26-12-10-24)17-7-4-8-18(13-17)27-15-16-5-2-1-3-6-16/h1-8,13-14H,9-12,15H2,(H,22,23,25). The van der Waals surface area contributed by atoms with Gasteiger partial charge in [-0.15, -0.1) is 0 Å². The molecule has 1 aromatic heterocycles. The number of nitrogens with zero attached hydrogens (tertiary/aromatic N) is 3. The Labute approximate surface area is 158 Å². The molecule has 0 saturated carbocycles. The predicted octanol–water partition coefficient (Wildman–Crippen LogP) is 3.26. The molecule has 1 aliphatic heterocycles. The van der Waals surface area contributed by atoms with Crippen LogP contribution in [0.5, 0.6) is 11.6 Å². The second-order valence-electron chi connectivity index (χ2n) is 6.31. The van der Waals surface area contributed by atoms with E-state index in [1.54, 1.807) is 6.07 Å². The highest BCUT2D eigenvalue weighted by atomic mass is 16.5. The van der Waals surface area contributed by atoms with E-state index in [1.165, 1.54) is 0 Å². The Morgan fingerprint density at radius 3 is 2.59 bits per heavy atom. The molecule has 27 heavy (non-hydrogen) atoms. The molecule has 138 valence electrons. The van der Waals surface area contributed by atoms with Crippen LogP contribution in [-0.4, -0.2) is 41.4 Å². The van der Waals surface area contributed by atoms with Crippen LogP contribution in [0, 0.1) is 0 Å². The monoisotopic (exact) mass is 363 g/mol. The first-order valence-electron chi connectivity index (χ1n) is 8.96. The summed E-state index contributed by atoms with van der Waals surface area (Å²) in [4.78, 5) is 10.8. The maximum atomic E-state index is 10.1. The lowest BCUT2D eigenvalue weighted by molar-refractivity contribution is 0.122. The summed E-state index contributed by atoms with van der Waals surface area (Å²) in [7, 11) is 0. The van der Waals surface area contributed by atoms with Gasteiger partial charge < -0.3 is 19.5 Å². The second kappa shape index (κ2) is 8.05. The maximum Gasteiger partial charge on any atom is 0.229 e. The smallest absolute Gasteiger partial charge is 0.229 e. The summed E-state index contributed by atoms with van der Waals surface area (Å²) in [6.45, 7) is 3.19. The van der Waals surface area contributed by atoms with Gasteiger partial charge in [-0.2, -0.15) is 4.98 Å². The van der Waals surface area contributed by atoms with E-state index >= 15 is 0 Å². The second-order valence-corrected chi connectivity index (χ2v) is 6.31. The number of aromatic nitrogens is 2. The van der Waals surface area contributed by atoms with Crippen LogP contribution in [0.3, 0.4) is 0 Å². The van der Waals surface area contributed by atoms with Gasteiger partial charge in [0.1, 0.15) is 12.4 Å². The summed E-state index contributed by atoms with van der Waals surface area (Å²) < 4.78 is 11.3. The minimum Gasteiger partial charge on any atom is -0.493 e. The zero-order valence-corrected chi connectivity index (χ0v) is 14.9. The predicted molar refractivity (Wildman–Crippen MR) is 103 cm³/mol.